The van der Waals surface area contributed by atoms with Gasteiger partial charge in [-0.1, -0.05) is 46.5 Å². The molecule has 0 aromatic carbocycles. The minimum Gasteiger partial charge on any atom is -0.478 e. The zero-order valence-corrected chi connectivity index (χ0v) is 13.2. The van der Waals surface area contributed by atoms with Crippen LogP contribution < -0.4 is 4.74 Å². The molecule has 0 amide bonds. The first-order chi connectivity index (χ1) is 9.17. The molecule has 1 rings (SSSR count). The van der Waals surface area contributed by atoms with E-state index in [0.29, 0.717) is 11.8 Å². The maximum Gasteiger partial charge on any atom is 0.213 e. The van der Waals surface area contributed by atoms with Crippen molar-refractivity contribution >= 4 is 11.6 Å². The van der Waals surface area contributed by atoms with Crippen LogP contribution in [-0.2, 0) is 5.88 Å². The highest BCUT2D eigenvalue weighted by Crippen LogP contribution is 2.20. The molecule has 0 radical (unpaired) electrons. The molecular formula is C16H26ClNO. The lowest BCUT2D eigenvalue weighted by Gasteiger charge is -2.11. The molecule has 3 heteroatoms. The molecule has 0 N–H and O–H groups in total. The molecule has 0 saturated carbocycles. The van der Waals surface area contributed by atoms with Crippen LogP contribution in [0.1, 0.15) is 70.1 Å². The lowest BCUT2D eigenvalue weighted by atomic mass is 10.1. The summed E-state index contributed by atoms with van der Waals surface area (Å²) in [6.07, 6.45) is 6.23. The molecule has 0 aliphatic heterocycles. The third kappa shape index (κ3) is 6.29. The number of rotatable bonds is 9. The van der Waals surface area contributed by atoms with Gasteiger partial charge in [0.2, 0.25) is 5.88 Å². The van der Waals surface area contributed by atoms with Crippen molar-refractivity contribution in [2.45, 2.75) is 64.7 Å². The summed E-state index contributed by atoms with van der Waals surface area (Å²) < 4.78 is 5.75. The van der Waals surface area contributed by atoms with Crippen molar-refractivity contribution in [1.29, 1.82) is 0 Å². The van der Waals surface area contributed by atoms with Crippen LogP contribution in [0.4, 0.5) is 0 Å². The van der Waals surface area contributed by atoms with Gasteiger partial charge in [-0.15, -0.1) is 11.6 Å². The third-order valence-electron chi connectivity index (χ3n) is 3.13. The fourth-order valence-corrected chi connectivity index (χ4v) is 2.07. The number of hydrogen-bond donors (Lipinski definition) is 0. The van der Waals surface area contributed by atoms with Crippen LogP contribution in [0, 0.1) is 0 Å². The first-order valence-electron chi connectivity index (χ1n) is 7.37. The van der Waals surface area contributed by atoms with Gasteiger partial charge >= 0.3 is 0 Å². The van der Waals surface area contributed by atoms with Crippen LogP contribution in [0.3, 0.4) is 0 Å². The summed E-state index contributed by atoms with van der Waals surface area (Å²) in [4.78, 5) is 4.53. The smallest absolute Gasteiger partial charge is 0.213 e. The largest absolute Gasteiger partial charge is 0.478 e. The Balaban J connectivity index is 2.46. The molecule has 108 valence electrons. The summed E-state index contributed by atoms with van der Waals surface area (Å²) in [5, 5.41) is 0. The second-order valence-electron chi connectivity index (χ2n) is 5.29. The van der Waals surface area contributed by atoms with Gasteiger partial charge in [0.1, 0.15) is 0 Å². The molecule has 0 atom stereocenters. The quantitative estimate of drug-likeness (QED) is 0.453. The van der Waals surface area contributed by atoms with Crippen molar-refractivity contribution in [1.82, 2.24) is 4.98 Å². The van der Waals surface area contributed by atoms with E-state index in [4.69, 9.17) is 16.3 Å². The van der Waals surface area contributed by atoms with E-state index in [2.05, 4.69) is 31.8 Å². The zero-order valence-electron chi connectivity index (χ0n) is 12.4. The Kier molecular flexibility index (Phi) is 7.88. The van der Waals surface area contributed by atoms with Gasteiger partial charge in [-0.2, -0.15) is 0 Å². The highest BCUT2D eigenvalue weighted by molar-refractivity contribution is 6.17. The summed E-state index contributed by atoms with van der Waals surface area (Å²) in [5.74, 6) is 1.63. The van der Waals surface area contributed by atoms with Gasteiger partial charge in [0.25, 0.3) is 0 Å². The number of ether oxygens (including phenoxy) is 1. The van der Waals surface area contributed by atoms with E-state index in [9.17, 15) is 0 Å². The normalized spacial score (nSPS) is 11.0. The van der Waals surface area contributed by atoms with Gasteiger partial charge in [-0.25, -0.2) is 4.98 Å². The Labute approximate surface area is 122 Å². The molecule has 2 nitrogen and oxygen atoms in total. The summed E-state index contributed by atoms with van der Waals surface area (Å²) in [6.45, 7) is 7.25. The monoisotopic (exact) mass is 283 g/mol. The summed E-state index contributed by atoms with van der Waals surface area (Å²) in [6, 6.07) is 4.01. The Morgan fingerprint density at radius 3 is 2.53 bits per heavy atom. The van der Waals surface area contributed by atoms with E-state index in [1.165, 1.54) is 25.7 Å². The molecule has 0 unspecified atom stereocenters. The maximum atomic E-state index is 5.91. The van der Waals surface area contributed by atoms with E-state index in [1.54, 1.807) is 0 Å². The van der Waals surface area contributed by atoms with Crippen LogP contribution in [0.25, 0.3) is 0 Å². The Morgan fingerprint density at radius 2 is 1.89 bits per heavy atom. The number of pyridine rings is 1. The number of unbranched alkanes of at least 4 members (excludes halogenated alkanes) is 4. The average Bonchev–Trinajstić information content (AvgIpc) is 2.42. The van der Waals surface area contributed by atoms with E-state index in [1.807, 2.05) is 6.07 Å². The maximum absolute atomic E-state index is 5.91. The van der Waals surface area contributed by atoms with Crippen molar-refractivity contribution in [3.63, 3.8) is 0 Å². The summed E-state index contributed by atoms with van der Waals surface area (Å²) in [5.41, 5.74) is 2.14. The predicted octanol–water partition coefficient (Wildman–Crippen LogP) is 5.29. The van der Waals surface area contributed by atoms with Gasteiger partial charge in [0.15, 0.2) is 0 Å². The third-order valence-corrected chi connectivity index (χ3v) is 3.43. The molecule has 0 aliphatic rings. The number of aromatic nitrogens is 1. The first-order valence-corrected chi connectivity index (χ1v) is 7.90. The number of alkyl halides is 1. The SMILES string of the molecule is CCCCCCCOc1cc(CCl)cc(C(C)C)n1. The van der Waals surface area contributed by atoms with Crippen molar-refractivity contribution in [2.75, 3.05) is 6.61 Å². The number of hydrogen-bond acceptors (Lipinski definition) is 2. The van der Waals surface area contributed by atoms with Crippen molar-refractivity contribution in [3.8, 4) is 5.88 Å². The van der Waals surface area contributed by atoms with Crippen molar-refractivity contribution < 1.29 is 4.74 Å². The lowest BCUT2D eigenvalue weighted by molar-refractivity contribution is 0.292. The Morgan fingerprint density at radius 1 is 1.16 bits per heavy atom. The standard InChI is InChI=1S/C16H26ClNO/c1-4-5-6-7-8-9-19-16-11-14(12-17)10-15(18-16)13(2)3/h10-11,13H,4-9,12H2,1-3H3. The van der Waals surface area contributed by atoms with Crippen LogP contribution in [-0.4, -0.2) is 11.6 Å². The first kappa shape index (κ1) is 16.3. The highest BCUT2D eigenvalue weighted by Gasteiger charge is 2.06. The molecule has 0 bridgehead atoms. The average molecular weight is 284 g/mol. The minimum absolute atomic E-state index is 0.398. The minimum atomic E-state index is 0.398. The van der Waals surface area contributed by atoms with Gasteiger partial charge in [-0.3, -0.25) is 0 Å². The predicted molar refractivity (Wildman–Crippen MR) is 82.1 cm³/mol. The Bertz CT molecular complexity index is 366. The fraction of sp³-hybridized carbons (Fsp3) is 0.688. The highest BCUT2D eigenvalue weighted by atomic mass is 35.5. The van der Waals surface area contributed by atoms with E-state index < -0.39 is 0 Å². The van der Waals surface area contributed by atoms with Gasteiger partial charge in [-0.05, 0) is 24.0 Å². The molecule has 1 heterocycles. The van der Waals surface area contributed by atoms with Crippen LogP contribution in [0.2, 0.25) is 0 Å². The fourth-order valence-electron chi connectivity index (χ4n) is 1.91. The molecule has 1 aromatic heterocycles. The summed E-state index contributed by atoms with van der Waals surface area (Å²) >= 11 is 5.91. The summed E-state index contributed by atoms with van der Waals surface area (Å²) in [7, 11) is 0. The van der Waals surface area contributed by atoms with Crippen LogP contribution >= 0.6 is 11.6 Å². The van der Waals surface area contributed by atoms with Crippen LogP contribution in [0.15, 0.2) is 12.1 Å². The van der Waals surface area contributed by atoms with Gasteiger partial charge in [0.05, 0.1) is 6.61 Å². The van der Waals surface area contributed by atoms with E-state index in [-0.39, 0.29) is 0 Å². The second-order valence-corrected chi connectivity index (χ2v) is 5.56. The van der Waals surface area contributed by atoms with Crippen molar-refractivity contribution in [3.05, 3.63) is 23.4 Å². The number of halogens is 1. The van der Waals surface area contributed by atoms with Crippen molar-refractivity contribution in [2.24, 2.45) is 0 Å². The van der Waals surface area contributed by atoms with Crippen LogP contribution in [0.5, 0.6) is 5.88 Å². The van der Waals surface area contributed by atoms with Gasteiger partial charge < -0.3 is 4.74 Å². The molecular weight excluding hydrogens is 258 g/mol. The lowest BCUT2D eigenvalue weighted by Crippen LogP contribution is -2.03. The second kappa shape index (κ2) is 9.19. The molecule has 0 saturated heterocycles. The molecule has 0 fully saturated rings. The molecule has 1 aromatic rings. The topological polar surface area (TPSA) is 22.1 Å². The van der Waals surface area contributed by atoms with Gasteiger partial charge in [0, 0.05) is 17.6 Å². The van der Waals surface area contributed by atoms with E-state index in [0.717, 1.165) is 30.2 Å². The molecule has 0 spiro atoms. The molecule has 19 heavy (non-hydrogen) atoms. The van der Waals surface area contributed by atoms with E-state index >= 15 is 0 Å². The molecule has 0 aliphatic carbocycles. The zero-order chi connectivity index (χ0) is 14.1. The number of nitrogens with zero attached hydrogens (tertiary/aromatic N) is 1. The Hall–Kier alpha value is -0.760.